The average Bonchev–Trinajstić information content (AvgIpc) is 3.09. The molecule has 300 valence electrons. The topological polar surface area (TPSA) is 212 Å². The summed E-state index contributed by atoms with van der Waals surface area (Å²) in [4.78, 5) is 13.0. The number of allylic oxidation sites excluding steroid dienone is 3. The highest BCUT2D eigenvalue weighted by Crippen LogP contribution is 2.26. The van der Waals surface area contributed by atoms with E-state index in [1.165, 1.54) is 44.6 Å². The minimum absolute atomic E-state index is 0.235. The molecule has 0 radical (unpaired) electrons. The van der Waals surface area contributed by atoms with Crippen molar-refractivity contribution < 1.29 is 57.0 Å². The van der Waals surface area contributed by atoms with Crippen molar-refractivity contribution in [3.63, 3.8) is 0 Å². The molecule has 51 heavy (non-hydrogen) atoms. The first kappa shape index (κ1) is 47.6. The van der Waals surface area contributed by atoms with Gasteiger partial charge in [0.2, 0.25) is 5.91 Å². The van der Waals surface area contributed by atoms with Gasteiger partial charge in [-0.15, -0.1) is 0 Å². The van der Waals surface area contributed by atoms with Crippen LogP contribution in [0.25, 0.3) is 0 Å². The first-order valence-corrected chi connectivity index (χ1v) is 20.7. The van der Waals surface area contributed by atoms with Gasteiger partial charge in [0.05, 0.1) is 25.4 Å². The molecule has 0 saturated carbocycles. The molecule has 1 saturated heterocycles. The third-order valence-corrected chi connectivity index (χ3v) is 9.55. The van der Waals surface area contributed by atoms with Gasteiger partial charge in [0.15, 0.2) is 6.29 Å². The van der Waals surface area contributed by atoms with Crippen LogP contribution >= 0.6 is 0 Å². The highest BCUT2D eigenvalue weighted by atomic mass is 32.3. The molecular formula is C37H69NO12S. The van der Waals surface area contributed by atoms with Gasteiger partial charge in [-0.3, -0.25) is 9.35 Å². The minimum Gasteiger partial charge on any atom is -0.394 e. The Kier molecular flexibility index (Phi) is 27.0. The van der Waals surface area contributed by atoms with Gasteiger partial charge in [0, 0.05) is 0 Å². The molecular weight excluding hydrogens is 682 g/mol. The van der Waals surface area contributed by atoms with Gasteiger partial charge >= 0.3 is 10.4 Å². The smallest absolute Gasteiger partial charge is 0.394 e. The van der Waals surface area contributed by atoms with E-state index >= 15 is 0 Å². The lowest BCUT2D eigenvalue weighted by Gasteiger charge is -2.41. The van der Waals surface area contributed by atoms with Crippen molar-refractivity contribution in [3.8, 4) is 0 Å². The van der Waals surface area contributed by atoms with Crippen molar-refractivity contribution in [1.82, 2.24) is 5.32 Å². The number of carbonyl (C=O) groups excluding carboxylic acids is 1. The molecule has 1 heterocycles. The molecule has 0 aliphatic carbocycles. The van der Waals surface area contributed by atoms with Crippen molar-refractivity contribution in [3.05, 3.63) is 24.3 Å². The maximum absolute atomic E-state index is 13.0. The molecule has 0 bridgehead atoms. The summed E-state index contributed by atoms with van der Waals surface area (Å²) in [5, 5.41) is 54.7. The monoisotopic (exact) mass is 751 g/mol. The van der Waals surface area contributed by atoms with Gasteiger partial charge in [-0.25, -0.2) is 4.18 Å². The number of hydrogen-bond acceptors (Lipinski definition) is 11. The van der Waals surface area contributed by atoms with E-state index in [0.717, 1.165) is 70.6 Å². The third kappa shape index (κ3) is 22.4. The SMILES string of the molecule is CCCCCC/C=C\CCCCCCCCC(O)C(=O)NC(COC1OC(CO)C(O)C(OS(=O)(=O)O)C1O)C(O)/C=C/CCCCCCCC. The van der Waals surface area contributed by atoms with Crippen LogP contribution in [0, 0.1) is 0 Å². The third-order valence-electron chi connectivity index (χ3n) is 9.08. The molecule has 8 atom stereocenters. The van der Waals surface area contributed by atoms with Crippen molar-refractivity contribution in [2.45, 2.75) is 191 Å². The maximum atomic E-state index is 13.0. The fourth-order valence-corrected chi connectivity index (χ4v) is 6.43. The quantitative estimate of drug-likeness (QED) is 0.0290. The van der Waals surface area contributed by atoms with Crippen LogP contribution in [-0.2, 0) is 28.9 Å². The van der Waals surface area contributed by atoms with Gasteiger partial charge in [-0.1, -0.05) is 122 Å². The van der Waals surface area contributed by atoms with E-state index < -0.39 is 78.5 Å². The van der Waals surface area contributed by atoms with E-state index in [1.54, 1.807) is 6.08 Å². The first-order valence-electron chi connectivity index (χ1n) is 19.3. The number of aliphatic hydroxyl groups excluding tert-OH is 5. The number of nitrogens with one attached hydrogen (secondary N) is 1. The number of rotatable bonds is 31. The fraction of sp³-hybridized carbons (Fsp3) is 0.865. The van der Waals surface area contributed by atoms with Crippen LogP contribution in [0.15, 0.2) is 24.3 Å². The second-order valence-electron chi connectivity index (χ2n) is 13.7. The van der Waals surface area contributed by atoms with E-state index in [0.29, 0.717) is 12.8 Å². The molecule has 1 rings (SSSR count). The van der Waals surface area contributed by atoms with Crippen LogP contribution in [-0.4, -0.2) is 107 Å². The molecule has 1 aliphatic rings. The second kappa shape index (κ2) is 29.0. The van der Waals surface area contributed by atoms with E-state index in [-0.39, 0.29) is 6.42 Å². The predicted molar refractivity (Wildman–Crippen MR) is 196 cm³/mol. The number of unbranched alkanes of at least 4 members (excludes halogenated alkanes) is 16. The van der Waals surface area contributed by atoms with E-state index in [2.05, 4.69) is 35.5 Å². The fourth-order valence-electron chi connectivity index (χ4n) is 5.92. The van der Waals surface area contributed by atoms with Crippen LogP contribution in [0.5, 0.6) is 0 Å². The van der Waals surface area contributed by atoms with E-state index in [4.69, 9.17) is 14.0 Å². The van der Waals surface area contributed by atoms with E-state index in [9.17, 15) is 38.7 Å². The van der Waals surface area contributed by atoms with Crippen LogP contribution < -0.4 is 5.32 Å². The molecule has 0 aromatic rings. The average molecular weight is 752 g/mol. The molecule has 0 aromatic heterocycles. The Labute approximate surface area is 306 Å². The standard InChI is InChI=1S/C37H69NO12S/c1-3-5-7-9-11-13-14-15-16-17-18-20-22-24-26-31(41)36(44)38-29(30(40)25-23-21-19-12-10-8-6-4-2)28-48-37-34(43)35(50-51(45,46)47)33(42)32(27-39)49-37/h13-14,23,25,29-35,37,39-43H,3-12,15-22,24,26-28H2,1-2H3,(H,38,44)(H,45,46,47)/b14-13-,25-23+. The van der Waals surface area contributed by atoms with Crippen molar-refractivity contribution in [1.29, 1.82) is 0 Å². The second-order valence-corrected chi connectivity index (χ2v) is 14.7. The Morgan fingerprint density at radius 3 is 1.84 bits per heavy atom. The van der Waals surface area contributed by atoms with Crippen molar-refractivity contribution >= 4 is 16.3 Å². The summed E-state index contributed by atoms with van der Waals surface area (Å²) < 4.78 is 47.1. The summed E-state index contributed by atoms with van der Waals surface area (Å²) in [6.45, 7) is 3.10. The number of aliphatic hydroxyl groups is 5. The Hall–Kier alpha value is -1.46. The summed E-state index contributed by atoms with van der Waals surface area (Å²) in [5.41, 5.74) is 0. The summed E-state index contributed by atoms with van der Waals surface area (Å²) in [7, 11) is -5.11. The largest absolute Gasteiger partial charge is 0.397 e. The highest BCUT2D eigenvalue weighted by Gasteiger charge is 2.48. The highest BCUT2D eigenvalue weighted by molar-refractivity contribution is 7.80. The molecule has 1 amide bonds. The van der Waals surface area contributed by atoms with Gasteiger partial charge in [0.25, 0.3) is 0 Å². The molecule has 14 heteroatoms. The minimum atomic E-state index is -5.11. The lowest BCUT2D eigenvalue weighted by molar-refractivity contribution is -0.298. The predicted octanol–water partition coefficient (Wildman–Crippen LogP) is 4.79. The molecule has 8 unspecified atom stereocenters. The zero-order valence-corrected chi connectivity index (χ0v) is 31.8. The number of hydrogen-bond donors (Lipinski definition) is 7. The number of carbonyl (C=O) groups is 1. The number of amides is 1. The van der Waals surface area contributed by atoms with Gasteiger partial charge in [-0.2, -0.15) is 8.42 Å². The summed E-state index contributed by atoms with van der Waals surface area (Å²) in [5.74, 6) is -0.713. The molecule has 1 aliphatic heterocycles. The molecule has 0 spiro atoms. The lowest BCUT2D eigenvalue weighted by Crippen LogP contribution is -2.61. The Bertz CT molecular complexity index is 1040. The van der Waals surface area contributed by atoms with Gasteiger partial charge < -0.3 is 40.3 Å². The molecule has 0 aromatic carbocycles. The molecule has 7 N–H and O–H groups in total. The normalized spacial score (nSPS) is 23.2. The van der Waals surface area contributed by atoms with Gasteiger partial charge in [0.1, 0.15) is 30.5 Å². The zero-order valence-electron chi connectivity index (χ0n) is 31.0. The van der Waals surface area contributed by atoms with Crippen molar-refractivity contribution in [2.75, 3.05) is 13.2 Å². The molecule has 13 nitrogen and oxygen atoms in total. The van der Waals surface area contributed by atoms with Crippen LogP contribution in [0.2, 0.25) is 0 Å². The zero-order chi connectivity index (χ0) is 37.9. The van der Waals surface area contributed by atoms with Gasteiger partial charge in [-0.05, 0) is 44.9 Å². The Balaban J connectivity index is 2.67. The molecule has 1 fully saturated rings. The van der Waals surface area contributed by atoms with E-state index in [1.807, 2.05) is 0 Å². The van der Waals surface area contributed by atoms with Crippen molar-refractivity contribution in [2.24, 2.45) is 0 Å². The maximum Gasteiger partial charge on any atom is 0.397 e. The number of ether oxygens (including phenoxy) is 2. The van der Waals surface area contributed by atoms with Crippen LogP contribution in [0.4, 0.5) is 0 Å². The summed E-state index contributed by atoms with van der Waals surface area (Å²) >= 11 is 0. The Morgan fingerprint density at radius 2 is 1.29 bits per heavy atom. The lowest BCUT2D eigenvalue weighted by atomic mass is 9.99. The van der Waals surface area contributed by atoms with Crippen LogP contribution in [0.3, 0.4) is 0 Å². The van der Waals surface area contributed by atoms with Crippen LogP contribution in [0.1, 0.15) is 142 Å². The summed E-state index contributed by atoms with van der Waals surface area (Å²) in [6, 6.07) is -1.12. The Morgan fingerprint density at radius 1 is 0.784 bits per heavy atom. The summed E-state index contributed by atoms with van der Waals surface area (Å²) in [6.07, 6.45) is 17.3. The first-order chi connectivity index (χ1) is 24.4.